The predicted octanol–water partition coefficient (Wildman–Crippen LogP) is 4.19. The van der Waals surface area contributed by atoms with Crippen molar-refractivity contribution in [3.63, 3.8) is 0 Å². The van der Waals surface area contributed by atoms with E-state index < -0.39 is 24.3 Å². The predicted molar refractivity (Wildman–Crippen MR) is 125 cm³/mol. The number of aromatic nitrogens is 4. The Morgan fingerprint density at radius 1 is 1.29 bits per heavy atom. The molecule has 0 radical (unpaired) electrons. The molecule has 4 heterocycles. The lowest BCUT2D eigenvalue weighted by Crippen LogP contribution is -2.31. The van der Waals surface area contributed by atoms with E-state index in [1.165, 1.54) is 13.0 Å². The molecule has 172 valence electrons. The first-order valence-corrected chi connectivity index (χ1v) is 11.1. The van der Waals surface area contributed by atoms with Crippen molar-refractivity contribution < 1.29 is 13.6 Å². The third-order valence-electron chi connectivity index (χ3n) is 5.80. The van der Waals surface area contributed by atoms with Gasteiger partial charge in [-0.1, -0.05) is 30.0 Å². The van der Waals surface area contributed by atoms with E-state index in [1.54, 1.807) is 23.9 Å². The van der Waals surface area contributed by atoms with Crippen LogP contribution in [0.1, 0.15) is 51.8 Å². The average Bonchev–Trinajstić information content (AvgIpc) is 3.49. The molecule has 0 fully saturated rings. The molecular weight excluding hydrogens is 436 g/mol. The summed E-state index contributed by atoms with van der Waals surface area (Å²) in [5.74, 6) is 4.77. The monoisotopic (exact) mass is 459 g/mol. The summed E-state index contributed by atoms with van der Waals surface area (Å²) in [5.41, 5.74) is 4.27. The first kappa shape index (κ1) is 21.8. The van der Waals surface area contributed by atoms with Gasteiger partial charge in [-0.3, -0.25) is 4.79 Å². The standard InChI is InChI=1S/C26H23F2N5O/c1-15(27)7-8-17-9-16(2)30-22(10-17)26(34)32-24(21-11-18-5-3-4-6-20(18)31-21)25-23-12-19(28)13-33(23)14-29-25/h3-6,9-11,14-15,19,24,31H,12-13H2,1-2H3,(H,32,34)/t15-,19-,24?/m1/s1. The Morgan fingerprint density at radius 2 is 2.12 bits per heavy atom. The van der Waals surface area contributed by atoms with Crippen molar-refractivity contribution in [2.75, 3.05) is 0 Å². The molecule has 0 aliphatic carbocycles. The Bertz CT molecular complexity index is 1410. The van der Waals surface area contributed by atoms with Crippen molar-refractivity contribution in [1.82, 2.24) is 24.8 Å². The van der Waals surface area contributed by atoms with Gasteiger partial charge in [-0.25, -0.2) is 18.7 Å². The van der Waals surface area contributed by atoms with Crippen molar-refractivity contribution in [2.45, 2.75) is 45.2 Å². The van der Waals surface area contributed by atoms with E-state index in [0.29, 0.717) is 17.0 Å². The Labute approximate surface area is 195 Å². The van der Waals surface area contributed by atoms with Crippen LogP contribution in [0, 0.1) is 18.8 Å². The maximum Gasteiger partial charge on any atom is 0.270 e. The molecular formula is C26H23F2N5O. The number of alkyl halides is 2. The number of rotatable bonds is 4. The zero-order valence-corrected chi connectivity index (χ0v) is 18.8. The lowest BCUT2D eigenvalue weighted by molar-refractivity contribution is 0.0936. The fraction of sp³-hybridized carbons (Fsp3) is 0.269. The number of fused-ring (bicyclic) bond motifs is 2. The maximum atomic E-state index is 14.1. The quantitative estimate of drug-likeness (QED) is 0.450. The summed E-state index contributed by atoms with van der Waals surface area (Å²) >= 11 is 0. The molecule has 4 aromatic rings. The van der Waals surface area contributed by atoms with Crippen LogP contribution < -0.4 is 5.32 Å². The van der Waals surface area contributed by atoms with Gasteiger partial charge in [-0.2, -0.15) is 0 Å². The number of imidazole rings is 1. The van der Waals surface area contributed by atoms with Crippen LogP contribution in [0.3, 0.4) is 0 Å². The zero-order valence-electron chi connectivity index (χ0n) is 18.8. The molecule has 34 heavy (non-hydrogen) atoms. The number of nitrogens with zero attached hydrogens (tertiary/aromatic N) is 3. The number of carbonyl (C=O) groups is 1. The number of para-hydroxylation sites is 1. The van der Waals surface area contributed by atoms with Gasteiger partial charge >= 0.3 is 0 Å². The molecule has 2 N–H and O–H groups in total. The number of aryl methyl sites for hydroxylation is 1. The van der Waals surface area contributed by atoms with E-state index in [2.05, 4.69) is 32.1 Å². The lowest BCUT2D eigenvalue weighted by atomic mass is 10.1. The molecule has 1 aliphatic rings. The van der Waals surface area contributed by atoms with Gasteiger partial charge in [-0.05, 0) is 43.5 Å². The van der Waals surface area contributed by atoms with Gasteiger partial charge in [0.1, 0.15) is 17.9 Å². The number of hydrogen-bond acceptors (Lipinski definition) is 3. The summed E-state index contributed by atoms with van der Waals surface area (Å²) in [7, 11) is 0. The summed E-state index contributed by atoms with van der Waals surface area (Å²) in [6, 6.07) is 12.3. The SMILES string of the molecule is Cc1cc(C#C[C@@H](C)F)cc(C(=O)NC(c2cc3ccccc3[nH]2)c2ncn3c2C[C@@H](F)C3)n1. The van der Waals surface area contributed by atoms with Crippen LogP contribution in [0.2, 0.25) is 0 Å². The second kappa shape index (κ2) is 8.75. The third-order valence-corrected chi connectivity index (χ3v) is 5.80. The number of H-pyrrole nitrogens is 1. The molecule has 0 spiro atoms. The van der Waals surface area contributed by atoms with Crippen molar-refractivity contribution in [3.8, 4) is 11.8 Å². The Hall–Kier alpha value is -3.99. The van der Waals surface area contributed by atoms with Crippen LogP contribution in [-0.2, 0) is 13.0 Å². The molecule has 0 saturated heterocycles. The van der Waals surface area contributed by atoms with Crippen LogP contribution in [0.15, 0.2) is 48.8 Å². The Morgan fingerprint density at radius 3 is 2.91 bits per heavy atom. The van der Waals surface area contributed by atoms with Crippen LogP contribution in [0.25, 0.3) is 10.9 Å². The summed E-state index contributed by atoms with van der Waals surface area (Å²) in [4.78, 5) is 25.6. The molecule has 8 heteroatoms. The molecule has 6 nitrogen and oxygen atoms in total. The summed E-state index contributed by atoms with van der Waals surface area (Å²) < 4.78 is 29.1. The van der Waals surface area contributed by atoms with E-state index >= 15 is 0 Å². The molecule has 3 atom stereocenters. The molecule has 1 unspecified atom stereocenters. The van der Waals surface area contributed by atoms with Crippen LogP contribution in [0.4, 0.5) is 8.78 Å². The number of halogens is 2. The molecule has 0 saturated carbocycles. The third kappa shape index (κ3) is 4.29. The second-order valence-electron chi connectivity index (χ2n) is 8.52. The minimum Gasteiger partial charge on any atom is -0.356 e. The van der Waals surface area contributed by atoms with Crippen molar-refractivity contribution in [2.24, 2.45) is 0 Å². The second-order valence-corrected chi connectivity index (χ2v) is 8.52. The fourth-order valence-electron chi connectivity index (χ4n) is 4.32. The molecule has 5 rings (SSSR count). The van der Waals surface area contributed by atoms with Gasteiger partial charge in [0.05, 0.1) is 18.6 Å². The Balaban J connectivity index is 1.53. The van der Waals surface area contributed by atoms with Crippen molar-refractivity contribution in [1.29, 1.82) is 0 Å². The molecule has 1 aliphatic heterocycles. The highest BCUT2D eigenvalue weighted by atomic mass is 19.1. The average molecular weight is 460 g/mol. The normalized spacial score (nSPS) is 16.5. The molecule has 0 bridgehead atoms. The van der Waals surface area contributed by atoms with E-state index in [4.69, 9.17) is 0 Å². The number of aromatic amines is 1. The fourth-order valence-corrected chi connectivity index (χ4v) is 4.32. The number of nitrogens with one attached hydrogen (secondary N) is 2. The first-order chi connectivity index (χ1) is 16.4. The maximum absolute atomic E-state index is 14.1. The molecule has 1 amide bonds. The minimum atomic E-state index is -1.28. The largest absolute Gasteiger partial charge is 0.356 e. The van der Waals surface area contributed by atoms with E-state index in [1.807, 2.05) is 30.3 Å². The first-order valence-electron chi connectivity index (χ1n) is 11.1. The summed E-state index contributed by atoms with van der Waals surface area (Å²) in [5, 5.41) is 4.01. The number of pyridine rings is 1. The van der Waals surface area contributed by atoms with Gasteiger partial charge in [0.15, 0.2) is 6.17 Å². The van der Waals surface area contributed by atoms with E-state index in [-0.39, 0.29) is 18.7 Å². The van der Waals surface area contributed by atoms with Gasteiger partial charge in [-0.15, -0.1) is 0 Å². The Kier molecular flexibility index (Phi) is 5.62. The zero-order chi connectivity index (χ0) is 23.8. The van der Waals surface area contributed by atoms with Crippen LogP contribution in [0.5, 0.6) is 0 Å². The van der Waals surface area contributed by atoms with Gasteiger partial charge in [0.25, 0.3) is 5.91 Å². The van der Waals surface area contributed by atoms with Crippen LogP contribution >= 0.6 is 0 Å². The van der Waals surface area contributed by atoms with E-state index in [9.17, 15) is 13.6 Å². The topological polar surface area (TPSA) is 75.6 Å². The van der Waals surface area contributed by atoms with Gasteiger partial charge in [0, 0.05) is 34.6 Å². The summed E-state index contributed by atoms with van der Waals surface area (Å²) in [6.07, 6.45) is -0.401. The lowest BCUT2D eigenvalue weighted by Gasteiger charge is -2.17. The number of benzene rings is 1. The smallest absolute Gasteiger partial charge is 0.270 e. The van der Waals surface area contributed by atoms with E-state index in [0.717, 1.165) is 22.3 Å². The molecule has 1 aromatic carbocycles. The van der Waals surface area contributed by atoms with Crippen LogP contribution in [-0.4, -0.2) is 37.8 Å². The van der Waals surface area contributed by atoms with Crippen molar-refractivity contribution in [3.05, 3.63) is 82.8 Å². The van der Waals surface area contributed by atoms with Crippen molar-refractivity contribution >= 4 is 16.8 Å². The highest BCUT2D eigenvalue weighted by molar-refractivity contribution is 5.93. The summed E-state index contributed by atoms with van der Waals surface area (Å²) in [6.45, 7) is 3.36. The molecule has 3 aromatic heterocycles. The highest BCUT2D eigenvalue weighted by Crippen LogP contribution is 2.30. The number of amides is 1. The highest BCUT2D eigenvalue weighted by Gasteiger charge is 2.31. The number of hydrogen-bond donors (Lipinski definition) is 2. The van der Waals surface area contributed by atoms with Gasteiger partial charge in [0.2, 0.25) is 0 Å². The number of carbonyl (C=O) groups excluding carboxylic acids is 1. The minimum absolute atomic E-state index is 0.163. The van der Waals surface area contributed by atoms with Gasteiger partial charge < -0.3 is 14.9 Å².